The predicted octanol–water partition coefficient (Wildman–Crippen LogP) is 1.55. The molecule has 5 rings (SSSR count). The molecule has 1 aliphatic carbocycles. The first-order valence-corrected chi connectivity index (χ1v) is 12.8. The third kappa shape index (κ3) is 5.78. The Kier molecular flexibility index (Phi) is 7.35. The van der Waals surface area contributed by atoms with E-state index < -0.39 is 5.60 Å². The number of rotatable bonds is 9. The van der Waals surface area contributed by atoms with Gasteiger partial charge in [0.1, 0.15) is 17.3 Å². The van der Waals surface area contributed by atoms with Crippen molar-refractivity contribution in [1.82, 2.24) is 24.8 Å². The highest BCUT2D eigenvalue weighted by Crippen LogP contribution is 2.46. The minimum Gasteiger partial charge on any atom is -0.385 e. The van der Waals surface area contributed by atoms with Gasteiger partial charge in [0, 0.05) is 57.9 Å². The van der Waals surface area contributed by atoms with Crippen molar-refractivity contribution in [2.45, 2.75) is 25.4 Å². The third-order valence-electron chi connectivity index (χ3n) is 7.08. The van der Waals surface area contributed by atoms with E-state index in [0.29, 0.717) is 54.6 Å². The number of aliphatic imine (C=N–C) groups is 1. The van der Waals surface area contributed by atoms with Crippen molar-refractivity contribution in [3.05, 3.63) is 58.9 Å². The summed E-state index contributed by atoms with van der Waals surface area (Å²) in [7, 11) is 0. The SMILES string of the molecule is Cc1nccnc1C(N)=Nc1nc(N)nc(NCCN2CCN(c3cc(C4(O)CC4)ccc3F)CC2)c1C=N. The fourth-order valence-corrected chi connectivity index (χ4v) is 4.65. The van der Waals surface area contributed by atoms with E-state index in [9.17, 15) is 9.50 Å². The van der Waals surface area contributed by atoms with Gasteiger partial charge in [-0.1, -0.05) is 6.07 Å². The number of nitrogen functional groups attached to an aromatic ring is 1. The number of amidine groups is 1. The number of nitrogens with zero attached hydrogens (tertiary/aromatic N) is 7. The molecule has 39 heavy (non-hydrogen) atoms. The Morgan fingerprint density at radius 1 is 1.21 bits per heavy atom. The molecule has 0 bridgehead atoms. The first-order chi connectivity index (χ1) is 18.8. The number of aryl methyl sites for hydroxylation is 1. The quantitative estimate of drug-likeness (QED) is 0.200. The van der Waals surface area contributed by atoms with Crippen LogP contribution < -0.4 is 21.7 Å². The van der Waals surface area contributed by atoms with Crippen LogP contribution in [0, 0.1) is 18.2 Å². The maximum atomic E-state index is 14.6. The summed E-state index contributed by atoms with van der Waals surface area (Å²) in [5, 5.41) is 21.6. The number of hydrogen-bond donors (Lipinski definition) is 5. The number of aliphatic hydroxyl groups is 1. The van der Waals surface area contributed by atoms with Gasteiger partial charge in [0.25, 0.3) is 0 Å². The Morgan fingerprint density at radius 2 is 1.95 bits per heavy atom. The van der Waals surface area contributed by atoms with E-state index >= 15 is 0 Å². The standard InChI is InChI=1S/C26H32FN11O/c1-16-21(32-7-6-31-16)22(29)34-24-18(15-28)23(35-25(30)36-24)33-8-9-37-10-12-38(13-11-37)20-14-17(2-3-19(20)27)26(39)4-5-26/h2-3,6-7,14-15,28,39H,4-5,8-13H2,1H3,(H5,29,30,33,34,35,36). The number of aromatic nitrogens is 4. The lowest BCUT2D eigenvalue weighted by Gasteiger charge is -2.36. The summed E-state index contributed by atoms with van der Waals surface area (Å²) in [6, 6.07) is 4.92. The van der Waals surface area contributed by atoms with Crippen molar-refractivity contribution in [1.29, 1.82) is 5.41 Å². The third-order valence-corrected chi connectivity index (χ3v) is 7.08. The van der Waals surface area contributed by atoms with E-state index in [1.54, 1.807) is 25.3 Å². The summed E-state index contributed by atoms with van der Waals surface area (Å²) >= 11 is 0. The Labute approximate surface area is 225 Å². The fourth-order valence-electron chi connectivity index (χ4n) is 4.65. The minimum absolute atomic E-state index is 0.000698. The molecule has 0 atom stereocenters. The van der Waals surface area contributed by atoms with Gasteiger partial charge >= 0.3 is 0 Å². The van der Waals surface area contributed by atoms with Crippen LogP contribution in [0.3, 0.4) is 0 Å². The average Bonchev–Trinajstić information content (AvgIpc) is 3.68. The molecule has 1 aromatic carbocycles. The van der Waals surface area contributed by atoms with Crippen LogP contribution in [-0.2, 0) is 5.60 Å². The molecule has 3 heterocycles. The lowest BCUT2D eigenvalue weighted by Crippen LogP contribution is -2.48. The van der Waals surface area contributed by atoms with Gasteiger partial charge in [0.05, 0.1) is 22.5 Å². The summed E-state index contributed by atoms with van der Waals surface area (Å²) in [5.74, 6) is 0.386. The van der Waals surface area contributed by atoms with Crippen LogP contribution in [0.4, 0.5) is 27.7 Å². The molecule has 204 valence electrons. The van der Waals surface area contributed by atoms with E-state index in [2.05, 4.69) is 35.1 Å². The topological polar surface area (TPSA) is 179 Å². The van der Waals surface area contributed by atoms with Crippen LogP contribution >= 0.6 is 0 Å². The van der Waals surface area contributed by atoms with Crippen molar-refractivity contribution in [3.8, 4) is 0 Å². The molecule has 0 spiro atoms. The first kappa shape index (κ1) is 26.4. The van der Waals surface area contributed by atoms with E-state index in [4.69, 9.17) is 16.9 Å². The lowest BCUT2D eigenvalue weighted by atomic mass is 10.1. The summed E-state index contributed by atoms with van der Waals surface area (Å²) < 4.78 is 14.6. The van der Waals surface area contributed by atoms with Gasteiger partial charge in [0.2, 0.25) is 5.95 Å². The summed E-state index contributed by atoms with van der Waals surface area (Å²) in [4.78, 5) is 25.5. The zero-order chi connectivity index (χ0) is 27.6. The molecule has 0 unspecified atom stereocenters. The second-order valence-corrected chi connectivity index (χ2v) is 9.75. The molecule has 1 aliphatic heterocycles. The van der Waals surface area contributed by atoms with Gasteiger partial charge in [-0.25, -0.2) is 14.4 Å². The summed E-state index contributed by atoms with van der Waals surface area (Å²) in [6.45, 7) is 5.86. The molecule has 1 saturated heterocycles. The summed E-state index contributed by atoms with van der Waals surface area (Å²) in [6.07, 6.45) is 5.64. The fraction of sp³-hybridized carbons (Fsp3) is 0.385. The molecule has 0 amide bonds. The molecule has 7 N–H and O–H groups in total. The molecule has 12 nitrogen and oxygen atoms in total. The average molecular weight is 534 g/mol. The lowest BCUT2D eigenvalue weighted by molar-refractivity contribution is 0.151. The van der Waals surface area contributed by atoms with Crippen LogP contribution in [0.1, 0.15) is 35.4 Å². The van der Waals surface area contributed by atoms with Gasteiger partial charge in [0.15, 0.2) is 11.7 Å². The molecule has 3 aromatic rings. The number of benzene rings is 1. The number of nitrogens with one attached hydrogen (secondary N) is 2. The molecule has 1 saturated carbocycles. The van der Waals surface area contributed by atoms with E-state index in [1.165, 1.54) is 12.3 Å². The number of piperazine rings is 1. The first-order valence-electron chi connectivity index (χ1n) is 12.8. The highest BCUT2D eigenvalue weighted by molar-refractivity contribution is 6.00. The van der Waals surface area contributed by atoms with Crippen molar-refractivity contribution >= 4 is 35.3 Å². The van der Waals surface area contributed by atoms with Crippen molar-refractivity contribution in [2.24, 2.45) is 10.7 Å². The molecular formula is C26H32FN11O. The van der Waals surface area contributed by atoms with Crippen LogP contribution in [0.2, 0.25) is 0 Å². The zero-order valence-corrected chi connectivity index (χ0v) is 21.7. The molecular weight excluding hydrogens is 501 g/mol. The smallest absolute Gasteiger partial charge is 0.224 e. The van der Waals surface area contributed by atoms with Crippen LogP contribution in [0.15, 0.2) is 35.6 Å². The second kappa shape index (κ2) is 10.9. The largest absolute Gasteiger partial charge is 0.385 e. The van der Waals surface area contributed by atoms with Crippen molar-refractivity contribution in [3.63, 3.8) is 0 Å². The number of hydrogen-bond acceptors (Lipinski definition) is 11. The van der Waals surface area contributed by atoms with Gasteiger partial charge < -0.3 is 32.2 Å². The maximum absolute atomic E-state index is 14.6. The van der Waals surface area contributed by atoms with Crippen molar-refractivity contribution in [2.75, 3.05) is 55.2 Å². The van der Waals surface area contributed by atoms with Gasteiger partial charge in [-0.05, 0) is 37.5 Å². The molecule has 2 aromatic heterocycles. The van der Waals surface area contributed by atoms with E-state index in [1.807, 2.05) is 4.90 Å². The van der Waals surface area contributed by atoms with Gasteiger partial charge in [-0.3, -0.25) is 9.88 Å². The van der Waals surface area contributed by atoms with Gasteiger partial charge in [-0.2, -0.15) is 9.97 Å². The number of anilines is 3. The van der Waals surface area contributed by atoms with E-state index in [-0.39, 0.29) is 23.4 Å². The van der Waals surface area contributed by atoms with Crippen molar-refractivity contribution < 1.29 is 9.50 Å². The molecule has 13 heteroatoms. The molecule has 2 aliphatic rings. The maximum Gasteiger partial charge on any atom is 0.224 e. The Morgan fingerprint density at radius 3 is 2.64 bits per heavy atom. The second-order valence-electron chi connectivity index (χ2n) is 9.75. The number of nitrogens with two attached hydrogens (primary N) is 2. The molecule has 2 fully saturated rings. The zero-order valence-electron chi connectivity index (χ0n) is 21.7. The Bertz CT molecular complexity index is 1400. The highest BCUT2D eigenvalue weighted by atomic mass is 19.1. The number of halogens is 1. The Balaban J connectivity index is 1.21. The molecule has 0 radical (unpaired) electrons. The Hall–Kier alpha value is -4.23. The van der Waals surface area contributed by atoms with Crippen LogP contribution in [0.5, 0.6) is 0 Å². The monoisotopic (exact) mass is 533 g/mol. The normalized spacial score (nSPS) is 17.2. The van der Waals surface area contributed by atoms with Crippen LogP contribution in [0.25, 0.3) is 0 Å². The van der Waals surface area contributed by atoms with Crippen LogP contribution in [-0.4, -0.2) is 81.3 Å². The van der Waals surface area contributed by atoms with E-state index in [0.717, 1.165) is 37.7 Å². The predicted molar refractivity (Wildman–Crippen MR) is 148 cm³/mol. The highest BCUT2D eigenvalue weighted by Gasteiger charge is 2.42. The van der Waals surface area contributed by atoms with Gasteiger partial charge in [-0.15, -0.1) is 0 Å². The summed E-state index contributed by atoms with van der Waals surface area (Å²) in [5.41, 5.74) is 14.0. The minimum atomic E-state index is -0.791.